The zero-order chi connectivity index (χ0) is 21.4. The molecule has 0 aliphatic heterocycles. The first-order valence-electron chi connectivity index (χ1n) is 9.69. The van der Waals surface area contributed by atoms with Crippen molar-refractivity contribution in [3.8, 4) is 11.6 Å². The van der Waals surface area contributed by atoms with Crippen molar-refractivity contribution >= 4 is 45.1 Å². The number of para-hydroxylation sites is 1. The van der Waals surface area contributed by atoms with Crippen LogP contribution in [0.3, 0.4) is 0 Å². The van der Waals surface area contributed by atoms with Gasteiger partial charge in [-0.05, 0) is 46.8 Å². The van der Waals surface area contributed by atoms with Crippen molar-refractivity contribution in [3.05, 3.63) is 40.9 Å². The molecule has 4 aromatic rings. The molecule has 0 fully saturated rings. The minimum Gasteiger partial charge on any atom is -0.453 e. The quantitative estimate of drug-likeness (QED) is 0.400. The monoisotopic (exact) mass is 441 g/mol. The van der Waals surface area contributed by atoms with E-state index in [2.05, 4.69) is 34.3 Å². The van der Waals surface area contributed by atoms with Gasteiger partial charge in [-0.15, -0.1) is 21.5 Å². The normalized spacial score (nSPS) is 12.6. The molecule has 0 saturated carbocycles. The molecule has 3 aromatic heterocycles. The van der Waals surface area contributed by atoms with Gasteiger partial charge in [0.25, 0.3) is 0 Å². The van der Waals surface area contributed by atoms with E-state index in [1.165, 1.54) is 23.1 Å². The van der Waals surface area contributed by atoms with Gasteiger partial charge in [0.15, 0.2) is 16.0 Å². The first-order valence-corrected chi connectivity index (χ1v) is 11.4. The van der Waals surface area contributed by atoms with Crippen LogP contribution in [0.2, 0.25) is 0 Å². The maximum Gasteiger partial charge on any atom is 0.239 e. The SMILES string of the molecule is Cc1nc(NC(=O)[C@H](C)Sc2nnc(-c3cc4ccccc4o3)n2C(C)C)sc1C. The van der Waals surface area contributed by atoms with E-state index in [0.717, 1.165) is 21.5 Å². The van der Waals surface area contributed by atoms with Gasteiger partial charge in [0.1, 0.15) is 5.58 Å². The summed E-state index contributed by atoms with van der Waals surface area (Å²) in [7, 11) is 0. The van der Waals surface area contributed by atoms with Crippen LogP contribution in [0.15, 0.2) is 39.9 Å². The number of carbonyl (C=O) groups excluding carboxylic acids is 1. The van der Waals surface area contributed by atoms with E-state index in [-0.39, 0.29) is 17.2 Å². The van der Waals surface area contributed by atoms with Crippen LogP contribution in [-0.4, -0.2) is 30.9 Å². The standard InChI is InChI=1S/C21H23N5O2S2/c1-11(2)26-18(17-10-15-8-6-7-9-16(15)28-17)24-25-21(26)30-14(5)19(27)23-20-22-12(3)13(4)29-20/h6-11,14H,1-5H3,(H,22,23,27)/t14-/m0/s1. The molecule has 0 bridgehead atoms. The Balaban J connectivity index is 1.57. The number of aryl methyl sites for hydroxylation is 2. The third kappa shape index (κ3) is 3.99. The highest BCUT2D eigenvalue weighted by Gasteiger charge is 2.24. The van der Waals surface area contributed by atoms with Crippen molar-refractivity contribution in [2.24, 2.45) is 0 Å². The molecule has 4 rings (SSSR count). The maximum absolute atomic E-state index is 12.7. The largest absolute Gasteiger partial charge is 0.453 e. The van der Waals surface area contributed by atoms with Crippen LogP contribution >= 0.6 is 23.1 Å². The second-order valence-corrected chi connectivity index (χ2v) is 9.84. The number of benzene rings is 1. The minimum absolute atomic E-state index is 0.102. The maximum atomic E-state index is 12.7. The van der Waals surface area contributed by atoms with Crippen LogP contribution in [0.5, 0.6) is 0 Å². The number of anilines is 1. The fraction of sp³-hybridized carbons (Fsp3) is 0.333. The molecule has 0 saturated heterocycles. The first-order chi connectivity index (χ1) is 14.3. The molecule has 30 heavy (non-hydrogen) atoms. The lowest BCUT2D eigenvalue weighted by molar-refractivity contribution is -0.115. The Bertz CT molecular complexity index is 1150. The molecule has 1 atom stereocenters. The fourth-order valence-electron chi connectivity index (χ4n) is 3.03. The molecule has 1 N–H and O–H groups in total. The van der Waals surface area contributed by atoms with E-state index in [1.54, 1.807) is 0 Å². The van der Waals surface area contributed by atoms with Crippen LogP contribution in [0.1, 0.15) is 37.4 Å². The van der Waals surface area contributed by atoms with Crippen molar-refractivity contribution in [2.45, 2.75) is 51.1 Å². The summed E-state index contributed by atoms with van der Waals surface area (Å²) in [5.74, 6) is 1.20. The number of nitrogens with one attached hydrogen (secondary N) is 1. The highest BCUT2D eigenvalue weighted by Crippen LogP contribution is 2.33. The Morgan fingerprint density at radius 3 is 2.63 bits per heavy atom. The van der Waals surface area contributed by atoms with Crippen molar-refractivity contribution in [1.29, 1.82) is 0 Å². The van der Waals surface area contributed by atoms with Crippen LogP contribution in [0, 0.1) is 13.8 Å². The van der Waals surface area contributed by atoms with Gasteiger partial charge in [-0.25, -0.2) is 4.98 Å². The molecule has 156 valence electrons. The fourth-order valence-corrected chi connectivity index (χ4v) is 4.83. The van der Waals surface area contributed by atoms with Gasteiger partial charge in [-0.3, -0.25) is 9.36 Å². The number of hydrogen-bond acceptors (Lipinski definition) is 7. The molecule has 3 heterocycles. The van der Waals surface area contributed by atoms with Gasteiger partial charge >= 0.3 is 0 Å². The molecular weight excluding hydrogens is 418 g/mol. The average molecular weight is 442 g/mol. The Kier molecular flexibility index (Phi) is 5.66. The van der Waals surface area contributed by atoms with Gasteiger partial charge in [0.05, 0.1) is 10.9 Å². The summed E-state index contributed by atoms with van der Waals surface area (Å²) in [6, 6.07) is 9.92. The smallest absolute Gasteiger partial charge is 0.239 e. The van der Waals surface area contributed by atoms with Crippen LogP contribution in [0.25, 0.3) is 22.6 Å². The summed E-state index contributed by atoms with van der Waals surface area (Å²) in [5, 5.41) is 13.6. The highest BCUT2D eigenvalue weighted by molar-refractivity contribution is 8.00. The number of fused-ring (bicyclic) bond motifs is 1. The number of rotatable bonds is 6. The number of hydrogen-bond donors (Lipinski definition) is 1. The number of aromatic nitrogens is 4. The summed E-state index contributed by atoms with van der Waals surface area (Å²) < 4.78 is 7.99. The average Bonchev–Trinajstić information content (AvgIpc) is 3.38. The van der Waals surface area contributed by atoms with E-state index >= 15 is 0 Å². The highest BCUT2D eigenvalue weighted by atomic mass is 32.2. The van der Waals surface area contributed by atoms with E-state index in [0.29, 0.717) is 21.9 Å². The Labute approximate surface area is 182 Å². The molecule has 1 amide bonds. The Morgan fingerprint density at radius 2 is 1.97 bits per heavy atom. The number of carbonyl (C=O) groups is 1. The summed E-state index contributed by atoms with van der Waals surface area (Å²) >= 11 is 2.85. The minimum atomic E-state index is -0.361. The molecule has 9 heteroatoms. The van der Waals surface area contributed by atoms with Gasteiger partial charge in [-0.1, -0.05) is 30.0 Å². The molecule has 0 unspecified atom stereocenters. The molecule has 0 radical (unpaired) electrons. The topological polar surface area (TPSA) is 85.8 Å². The number of nitrogens with zero attached hydrogens (tertiary/aromatic N) is 4. The second kappa shape index (κ2) is 8.23. The van der Waals surface area contributed by atoms with Gasteiger partial charge in [-0.2, -0.15) is 0 Å². The second-order valence-electron chi connectivity index (χ2n) is 7.33. The third-order valence-electron chi connectivity index (χ3n) is 4.74. The van der Waals surface area contributed by atoms with Crippen LogP contribution in [0.4, 0.5) is 5.13 Å². The predicted octanol–water partition coefficient (Wildman–Crippen LogP) is 5.46. The number of thioether (sulfide) groups is 1. The van der Waals surface area contributed by atoms with E-state index in [4.69, 9.17) is 4.42 Å². The number of thiazole rings is 1. The molecule has 0 aliphatic rings. The predicted molar refractivity (Wildman–Crippen MR) is 121 cm³/mol. The van der Waals surface area contributed by atoms with Crippen LogP contribution in [-0.2, 0) is 4.79 Å². The van der Waals surface area contributed by atoms with E-state index in [1.807, 2.05) is 55.7 Å². The zero-order valence-corrected chi connectivity index (χ0v) is 19.1. The zero-order valence-electron chi connectivity index (χ0n) is 17.5. The van der Waals surface area contributed by atoms with E-state index < -0.39 is 0 Å². The lowest BCUT2D eigenvalue weighted by Crippen LogP contribution is -2.23. The number of amides is 1. The van der Waals surface area contributed by atoms with Crippen molar-refractivity contribution < 1.29 is 9.21 Å². The van der Waals surface area contributed by atoms with Crippen molar-refractivity contribution in [2.75, 3.05) is 5.32 Å². The summed E-state index contributed by atoms with van der Waals surface area (Å²) in [5.41, 5.74) is 1.74. The summed E-state index contributed by atoms with van der Waals surface area (Å²) in [6.07, 6.45) is 0. The van der Waals surface area contributed by atoms with Crippen LogP contribution < -0.4 is 5.32 Å². The Morgan fingerprint density at radius 1 is 1.20 bits per heavy atom. The summed E-state index contributed by atoms with van der Waals surface area (Å²) in [4.78, 5) is 18.2. The molecule has 7 nitrogen and oxygen atoms in total. The van der Waals surface area contributed by atoms with E-state index in [9.17, 15) is 4.79 Å². The molecular formula is C21H23N5O2S2. The van der Waals surface area contributed by atoms with Gasteiger partial charge in [0.2, 0.25) is 11.7 Å². The van der Waals surface area contributed by atoms with Crippen molar-refractivity contribution in [1.82, 2.24) is 19.7 Å². The lowest BCUT2D eigenvalue weighted by atomic mass is 10.2. The van der Waals surface area contributed by atoms with Gasteiger partial charge < -0.3 is 9.73 Å². The molecule has 0 spiro atoms. The molecule has 1 aromatic carbocycles. The molecule has 0 aliphatic carbocycles. The first kappa shape index (κ1) is 20.6. The third-order valence-corrected chi connectivity index (χ3v) is 6.78. The van der Waals surface area contributed by atoms with Gasteiger partial charge in [0, 0.05) is 16.3 Å². The van der Waals surface area contributed by atoms with Crippen molar-refractivity contribution in [3.63, 3.8) is 0 Å². The Hall–Kier alpha value is -2.65. The number of furan rings is 1. The summed E-state index contributed by atoms with van der Waals surface area (Å²) in [6.45, 7) is 9.90. The lowest BCUT2D eigenvalue weighted by Gasteiger charge is -2.15.